The van der Waals surface area contributed by atoms with Gasteiger partial charge in [-0.3, -0.25) is 19.7 Å². The van der Waals surface area contributed by atoms with Crippen LogP contribution < -0.4 is 10.9 Å². The SMILES string of the molecule is CC(O)C(C)(C)NC(=O)c1cc([N+](=O)[O-])c[nH]c1=O. The highest BCUT2D eigenvalue weighted by Gasteiger charge is 2.28. The maximum absolute atomic E-state index is 11.9. The quantitative estimate of drug-likeness (QED) is 0.530. The molecule has 1 aromatic rings. The smallest absolute Gasteiger partial charge is 0.286 e. The predicted molar refractivity (Wildman–Crippen MR) is 66.9 cm³/mol. The Balaban J connectivity index is 3.10. The number of amides is 1. The van der Waals surface area contributed by atoms with Gasteiger partial charge in [0.2, 0.25) is 0 Å². The Bertz CT molecular complexity index is 562. The van der Waals surface area contributed by atoms with Crippen LogP contribution in [0.4, 0.5) is 5.69 Å². The molecule has 8 nitrogen and oxygen atoms in total. The van der Waals surface area contributed by atoms with E-state index < -0.39 is 28.0 Å². The third-order valence-electron chi connectivity index (χ3n) is 2.82. The van der Waals surface area contributed by atoms with Crippen molar-refractivity contribution in [2.45, 2.75) is 32.4 Å². The molecule has 0 bridgehead atoms. The molecule has 0 saturated heterocycles. The minimum Gasteiger partial charge on any atom is -0.391 e. The average Bonchev–Trinajstić information content (AvgIpc) is 2.28. The zero-order valence-corrected chi connectivity index (χ0v) is 10.8. The largest absolute Gasteiger partial charge is 0.391 e. The van der Waals surface area contributed by atoms with Gasteiger partial charge in [0.05, 0.1) is 22.8 Å². The number of nitrogens with one attached hydrogen (secondary N) is 2. The first-order valence-electron chi connectivity index (χ1n) is 5.53. The molecule has 3 N–H and O–H groups in total. The number of rotatable bonds is 4. The lowest BCUT2D eigenvalue weighted by atomic mass is 9.98. The van der Waals surface area contributed by atoms with E-state index >= 15 is 0 Å². The van der Waals surface area contributed by atoms with E-state index in [2.05, 4.69) is 10.3 Å². The number of aliphatic hydroxyl groups excluding tert-OH is 1. The second-order valence-electron chi connectivity index (χ2n) is 4.71. The third kappa shape index (κ3) is 3.38. The lowest BCUT2D eigenvalue weighted by Gasteiger charge is -2.29. The topological polar surface area (TPSA) is 125 Å². The Labute approximate surface area is 108 Å². The van der Waals surface area contributed by atoms with Gasteiger partial charge in [-0.15, -0.1) is 0 Å². The Morgan fingerprint density at radius 1 is 1.58 bits per heavy atom. The molecule has 1 rings (SSSR count). The van der Waals surface area contributed by atoms with E-state index in [-0.39, 0.29) is 11.3 Å². The molecule has 1 atom stereocenters. The summed E-state index contributed by atoms with van der Waals surface area (Å²) in [5, 5.41) is 22.5. The molecule has 1 amide bonds. The van der Waals surface area contributed by atoms with E-state index in [1.807, 2.05) is 0 Å². The fourth-order valence-electron chi connectivity index (χ4n) is 1.21. The van der Waals surface area contributed by atoms with Gasteiger partial charge in [-0.05, 0) is 20.8 Å². The fraction of sp³-hybridized carbons (Fsp3) is 0.455. The first-order chi connectivity index (χ1) is 8.65. The van der Waals surface area contributed by atoms with Crippen molar-refractivity contribution >= 4 is 11.6 Å². The predicted octanol–water partition coefficient (Wildman–Crippen LogP) is 0.172. The second kappa shape index (κ2) is 5.19. The molecule has 0 aliphatic rings. The first kappa shape index (κ1) is 14.8. The number of nitro groups is 1. The number of nitrogens with zero attached hydrogens (tertiary/aromatic N) is 1. The molecule has 8 heteroatoms. The van der Waals surface area contributed by atoms with Crippen molar-refractivity contribution in [2.24, 2.45) is 0 Å². The number of carbonyl (C=O) groups is 1. The van der Waals surface area contributed by atoms with Crippen molar-refractivity contribution in [3.8, 4) is 0 Å². The molecule has 0 radical (unpaired) electrons. The average molecular weight is 269 g/mol. The van der Waals surface area contributed by atoms with E-state index in [1.54, 1.807) is 13.8 Å². The Kier molecular flexibility index (Phi) is 4.05. The number of carbonyl (C=O) groups excluding carboxylic acids is 1. The standard InChI is InChI=1S/C11H15N3O5/c1-6(15)11(2,3)13-10(17)8-4-7(14(18)19)5-12-9(8)16/h4-6,15H,1-3H3,(H,12,16)(H,13,17). The Morgan fingerprint density at radius 2 is 2.16 bits per heavy atom. The second-order valence-corrected chi connectivity index (χ2v) is 4.71. The van der Waals surface area contributed by atoms with Gasteiger partial charge in [-0.2, -0.15) is 0 Å². The summed E-state index contributed by atoms with van der Waals surface area (Å²) in [7, 11) is 0. The molecule has 1 aromatic heterocycles. The van der Waals surface area contributed by atoms with Gasteiger partial charge >= 0.3 is 0 Å². The molecule has 19 heavy (non-hydrogen) atoms. The summed E-state index contributed by atoms with van der Waals surface area (Å²) in [6.45, 7) is 4.63. The zero-order chi connectivity index (χ0) is 14.8. The summed E-state index contributed by atoms with van der Waals surface area (Å²) < 4.78 is 0. The maximum Gasteiger partial charge on any atom is 0.286 e. The Hall–Kier alpha value is -2.22. The van der Waals surface area contributed by atoms with Gasteiger partial charge in [-0.25, -0.2) is 0 Å². The zero-order valence-electron chi connectivity index (χ0n) is 10.8. The normalized spacial score (nSPS) is 12.8. The Morgan fingerprint density at radius 3 is 2.63 bits per heavy atom. The number of hydrogen-bond acceptors (Lipinski definition) is 5. The summed E-state index contributed by atoms with van der Waals surface area (Å²) in [5.41, 5.74) is -2.46. The van der Waals surface area contributed by atoms with Crippen molar-refractivity contribution < 1.29 is 14.8 Å². The highest BCUT2D eigenvalue weighted by atomic mass is 16.6. The lowest BCUT2D eigenvalue weighted by molar-refractivity contribution is -0.385. The van der Waals surface area contributed by atoms with Crippen molar-refractivity contribution in [3.63, 3.8) is 0 Å². The number of H-pyrrole nitrogens is 1. The van der Waals surface area contributed by atoms with E-state index in [0.717, 1.165) is 12.3 Å². The number of pyridine rings is 1. The summed E-state index contributed by atoms with van der Waals surface area (Å²) in [4.78, 5) is 35.4. The van der Waals surface area contributed by atoms with E-state index in [1.165, 1.54) is 6.92 Å². The minimum absolute atomic E-state index is 0.372. The highest BCUT2D eigenvalue weighted by Crippen LogP contribution is 2.12. The molecule has 0 aliphatic carbocycles. The minimum atomic E-state index is -0.964. The van der Waals surface area contributed by atoms with Crippen LogP contribution in [0.25, 0.3) is 0 Å². The van der Waals surface area contributed by atoms with E-state index in [4.69, 9.17) is 0 Å². The molecule has 1 unspecified atom stereocenters. The third-order valence-corrected chi connectivity index (χ3v) is 2.82. The molecular formula is C11H15N3O5. The molecule has 1 heterocycles. The molecule has 0 aliphatic heterocycles. The van der Waals surface area contributed by atoms with Crippen LogP contribution in [0.15, 0.2) is 17.1 Å². The van der Waals surface area contributed by atoms with Crippen LogP contribution >= 0.6 is 0 Å². The number of aromatic amines is 1. The van der Waals surface area contributed by atoms with Crippen molar-refractivity contribution in [2.75, 3.05) is 0 Å². The summed E-state index contributed by atoms with van der Waals surface area (Å²) in [6, 6.07) is 0.895. The lowest BCUT2D eigenvalue weighted by Crippen LogP contribution is -2.51. The van der Waals surface area contributed by atoms with Crippen LogP contribution in [-0.2, 0) is 0 Å². The molecule has 0 spiro atoms. The van der Waals surface area contributed by atoms with Crippen LogP contribution in [-0.4, -0.2) is 32.6 Å². The fourth-order valence-corrected chi connectivity index (χ4v) is 1.21. The number of hydrogen-bond donors (Lipinski definition) is 3. The van der Waals surface area contributed by atoms with Crippen molar-refractivity contribution in [1.82, 2.24) is 10.3 Å². The molecule has 0 fully saturated rings. The van der Waals surface area contributed by atoms with E-state index in [9.17, 15) is 24.8 Å². The van der Waals surface area contributed by atoms with Crippen molar-refractivity contribution in [3.05, 3.63) is 38.3 Å². The van der Waals surface area contributed by atoms with Gasteiger partial charge in [0.1, 0.15) is 5.56 Å². The van der Waals surface area contributed by atoms with Gasteiger partial charge in [0.25, 0.3) is 17.2 Å². The van der Waals surface area contributed by atoms with Gasteiger partial charge < -0.3 is 15.4 Å². The summed E-state index contributed by atoms with van der Waals surface area (Å²) in [6.07, 6.45) is 0.0630. The van der Waals surface area contributed by atoms with Gasteiger partial charge in [-0.1, -0.05) is 0 Å². The monoisotopic (exact) mass is 269 g/mol. The number of aromatic nitrogens is 1. The van der Waals surface area contributed by atoms with Crippen LogP contribution in [0.5, 0.6) is 0 Å². The van der Waals surface area contributed by atoms with Crippen LogP contribution in [0.3, 0.4) is 0 Å². The molecule has 104 valence electrons. The molecule has 0 aromatic carbocycles. The van der Waals surface area contributed by atoms with Crippen LogP contribution in [0.1, 0.15) is 31.1 Å². The van der Waals surface area contributed by atoms with Crippen LogP contribution in [0.2, 0.25) is 0 Å². The van der Waals surface area contributed by atoms with Crippen molar-refractivity contribution in [1.29, 1.82) is 0 Å². The first-order valence-corrected chi connectivity index (χ1v) is 5.53. The number of aliphatic hydroxyl groups is 1. The summed E-state index contributed by atoms with van der Waals surface area (Å²) in [5.74, 6) is -0.782. The van der Waals surface area contributed by atoms with E-state index in [0.29, 0.717) is 0 Å². The van der Waals surface area contributed by atoms with Crippen LogP contribution in [0, 0.1) is 10.1 Å². The summed E-state index contributed by atoms with van der Waals surface area (Å²) >= 11 is 0. The maximum atomic E-state index is 11.9. The highest BCUT2D eigenvalue weighted by molar-refractivity contribution is 5.94. The van der Waals surface area contributed by atoms with Gasteiger partial charge in [0, 0.05) is 6.07 Å². The molecule has 0 saturated carbocycles. The molecular weight excluding hydrogens is 254 g/mol. The van der Waals surface area contributed by atoms with Gasteiger partial charge in [0.15, 0.2) is 0 Å².